The maximum atomic E-state index is 11.9. The molecule has 1 amide bonds. The van der Waals surface area contributed by atoms with Crippen LogP contribution in [0.3, 0.4) is 0 Å². The lowest BCUT2D eigenvalue weighted by Crippen LogP contribution is -2.24. The lowest BCUT2D eigenvalue weighted by atomic mass is 10.0. The molecule has 3 nitrogen and oxygen atoms in total. The average molecular weight is 300 g/mol. The summed E-state index contributed by atoms with van der Waals surface area (Å²) in [4.78, 5) is 18.1. The van der Waals surface area contributed by atoms with E-state index in [1.165, 1.54) is 34.8 Å². The van der Waals surface area contributed by atoms with E-state index in [4.69, 9.17) is 4.98 Å². The van der Waals surface area contributed by atoms with Crippen molar-refractivity contribution in [2.45, 2.75) is 38.5 Å². The van der Waals surface area contributed by atoms with Crippen LogP contribution < -0.4 is 5.32 Å². The molecule has 0 aliphatic heterocycles. The van der Waals surface area contributed by atoms with Crippen LogP contribution in [-0.2, 0) is 19.3 Å². The first-order valence-corrected chi connectivity index (χ1v) is 8.45. The Kier molecular flexibility index (Phi) is 4.65. The van der Waals surface area contributed by atoms with Crippen LogP contribution in [0.25, 0.3) is 0 Å². The Morgan fingerprint density at radius 3 is 2.81 bits per heavy atom. The molecule has 0 bridgehead atoms. The smallest absolute Gasteiger partial charge is 0.251 e. The molecule has 1 aliphatic carbocycles. The van der Waals surface area contributed by atoms with Crippen molar-refractivity contribution in [3.05, 3.63) is 51.5 Å². The first-order valence-electron chi connectivity index (χ1n) is 7.63. The summed E-state index contributed by atoms with van der Waals surface area (Å²) in [6, 6.07) is 9.36. The van der Waals surface area contributed by atoms with Crippen LogP contribution in [0.4, 0.5) is 0 Å². The molecule has 21 heavy (non-hydrogen) atoms. The molecule has 3 rings (SSSR count). The molecule has 0 radical (unpaired) electrons. The zero-order valence-corrected chi connectivity index (χ0v) is 12.9. The number of aryl methyl sites for hydroxylation is 3. The van der Waals surface area contributed by atoms with Gasteiger partial charge in [0.1, 0.15) is 0 Å². The Hall–Kier alpha value is -1.68. The molecule has 0 fully saturated rings. The fraction of sp³-hybridized carbons (Fsp3) is 0.412. The summed E-state index contributed by atoms with van der Waals surface area (Å²) in [6.07, 6.45) is 6.86. The average Bonchev–Trinajstić information content (AvgIpc) is 2.95. The lowest BCUT2D eigenvalue weighted by Gasteiger charge is -2.06. The lowest BCUT2D eigenvalue weighted by molar-refractivity contribution is 0.0953. The minimum Gasteiger partial charge on any atom is -0.352 e. The summed E-state index contributed by atoms with van der Waals surface area (Å²) in [6.45, 7) is 0.706. The second-order valence-corrected chi connectivity index (χ2v) is 6.58. The van der Waals surface area contributed by atoms with Gasteiger partial charge in [-0.2, -0.15) is 0 Å². The molecule has 2 aromatic rings. The van der Waals surface area contributed by atoms with E-state index in [1.807, 2.05) is 41.7 Å². The van der Waals surface area contributed by atoms with Crippen LogP contribution in [0.15, 0.2) is 30.3 Å². The number of fused-ring (bicyclic) bond motifs is 1. The van der Waals surface area contributed by atoms with Crippen LogP contribution in [0, 0.1) is 0 Å². The molecule has 0 saturated carbocycles. The summed E-state index contributed by atoms with van der Waals surface area (Å²) in [5, 5.41) is 4.20. The van der Waals surface area contributed by atoms with E-state index in [-0.39, 0.29) is 5.91 Å². The van der Waals surface area contributed by atoms with Crippen LogP contribution in [0.1, 0.15) is 45.2 Å². The first-order chi connectivity index (χ1) is 10.3. The van der Waals surface area contributed by atoms with Crippen molar-refractivity contribution < 1.29 is 4.79 Å². The Morgan fingerprint density at radius 1 is 1.19 bits per heavy atom. The molecule has 1 aliphatic rings. The van der Waals surface area contributed by atoms with Gasteiger partial charge in [-0.15, -0.1) is 11.3 Å². The van der Waals surface area contributed by atoms with Crippen LogP contribution >= 0.6 is 11.3 Å². The Morgan fingerprint density at radius 2 is 2.00 bits per heavy atom. The minimum absolute atomic E-state index is 0.00836. The number of hydrogen-bond acceptors (Lipinski definition) is 3. The number of thiazole rings is 1. The van der Waals surface area contributed by atoms with Crippen molar-refractivity contribution in [2.24, 2.45) is 0 Å². The third kappa shape index (κ3) is 3.70. The first kappa shape index (κ1) is 14.3. The number of carbonyl (C=O) groups excluding carboxylic acids is 1. The van der Waals surface area contributed by atoms with Gasteiger partial charge in [0.05, 0.1) is 10.7 Å². The van der Waals surface area contributed by atoms with E-state index >= 15 is 0 Å². The summed E-state index contributed by atoms with van der Waals surface area (Å²) in [7, 11) is 0. The molecule has 0 unspecified atom stereocenters. The monoisotopic (exact) mass is 300 g/mol. The fourth-order valence-corrected chi connectivity index (χ4v) is 3.84. The summed E-state index contributed by atoms with van der Waals surface area (Å²) >= 11 is 1.87. The molecule has 1 aromatic carbocycles. The zero-order valence-electron chi connectivity index (χ0n) is 12.1. The molecule has 1 aromatic heterocycles. The van der Waals surface area contributed by atoms with E-state index < -0.39 is 0 Å². The normalized spacial score (nSPS) is 13.7. The van der Waals surface area contributed by atoms with Gasteiger partial charge in [-0.3, -0.25) is 4.79 Å². The second-order valence-electron chi connectivity index (χ2n) is 5.41. The number of benzene rings is 1. The number of carbonyl (C=O) groups is 1. The number of aromatic nitrogens is 1. The van der Waals surface area contributed by atoms with Crippen molar-refractivity contribution in [1.82, 2.24) is 10.3 Å². The third-order valence-electron chi connectivity index (χ3n) is 3.78. The summed E-state index contributed by atoms with van der Waals surface area (Å²) < 4.78 is 0. The molecule has 4 heteroatoms. The molecule has 0 atom stereocenters. The van der Waals surface area contributed by atoms with Gasteiger partial charge >= 0.3 is 0 Å². The topological polar surface area (TPSA) is 42.0 Å². The highest BCUT2D eigenvalue weighted by Crippen LogP contribution is 2.27. The van der Waals surface area contributed by atoms with Gasteiger partial charge in [-0.05, 0) is 44.2 Å². The predicted molar refractivity (Wildman–Crippen MR) is 85.9 cm³/mol. The highest BCUT2D eigenvalue weighted by molar-refractivity contribution is 7.11. The Labute approximate surface area is 129 Å². The Bertz CT molecular complexity index is 583. The van der Waals surface area contributed by atoms with Gasteiger partial charge in [0.15, 0.2) is 0 Å². The molecule has 1 heterocycles. The van der Waals surface area contributed by atoms with Crippen LogP contribution in [0.5, 0.6) is 0 Å². The van der Waals surface area contributed by atoms with E-state index in [0.717, 1.165) is 24.8 Å². The fourth-order valence-electron chi connectivity index (χ4n) is 2.65. The molecule has 1 N–H and O–H groups in total. The largest absolute Gasteiger partial charge is 0.352 e. The number of hydrogen-bond donors (Lipinski definition) is 1. The van der Waals surface area contributed by atoms with Gasteiger partial charge < -0.3 is 5.32 Å². The maximum Gasteiger partial charge on any atom is 0.251 e. The molecule has 0 spiro atoms. The molecular formula is C17H20N2OS. The summed E-state index contributed by atoms with van der Waals surface area (Å²) in [5.41, 5.74) is 2.05. The van der Waals surface area contributed by atoms with Crippen molar-refractivity contribution >= 4 is 17.2 Å². The number of amides is 1. The van der Waals surface area contributed by atoms with Gasteiger partial charge in [0, 0.05) is 23.4 Å². The molecule has 0 saturated heterocycles. The Balaban J connectivity index is 1.44. The number of nitrogens with one attached hydrogen (secondary N) is 1. The van der Waals surface area contributed by atoms with E-state index in [0.29, 0.717) is 6.54 Å². The zero-order chi connectivity index (χ0) is 14.5. The quantitative estimate of drug-likeness (QED) is 0.860. The standard InChI is InChI=1S/C17H20N2OS/c20-17(13-7-2-1-3-8-13)18-12-6-11-16-19-14-9-4-5-10-15(14)21-16/h1-3,7-8H,4-6,9-12H2,(H,18,20). The third-order valence-corrected chi connectivity index (χ3v) is 5.00. The van der Waals surface area contributed by atoms with Crippen molar-refractivity contribution in [3.63, 3.8) is 0 Å². The van der Waals surface area contributed by atoms with Crippen LogP contribution in [-0.4, -0.2) is 17.4 Å². The molecule has 110 valence electrons. The van der Waals surface area contributed by atoms with Gasteiger partial charge in [0.2, 0.25) is 0 Å². The van der Waals surface area contributed by atoms with Gasteiger partial charge in [-0.1, -0.05) is 18.2 Å². The van der Waals surface area contributed by atoms with E-state index in [2.05, 4.69) is 5.32 Å². The van der Waals surface area contributed by atoms with Crippen molar-refractivity contribution in [1.29, 1.82) is 0 Å². The number of nitrogens with zero attached hydrogens (tertiary/aromatic N) is 1. The maximum absolute atomic E-state index is 11.9. The molecular weight excluding hydrogens is 280 g/mol. The van der Waals surface area contributed by atoms with Crippen LogP contribution in [0.2, 0.25) is 0 Å². The van der Waals surface area contributed by atoms with Gasteiger partial charge in [-0.25, -0.2) is 4.98 Å². The van der Waals surface area contributed by atoms with E-state index in [1.54, 1.807) is 0 Å². The van der Waals surface area contributed by atoms with Crippen molar-refractivity contribution in [2.75, 3.05) is 6.54 Å². The van der Waals surface area contributed by atoms with Gasteiger partial charge in [0.25, 0.3) is 5.91 Å². The SMILES string of the molecule is O=C(NCCCc1nc2c(s1)CCCC2)c1ccccc1. The minimum atomic E-state index is 0.00836. The summed E-state index contributed by atoms with van der Waals surface area (Å²) in [5.74, 6) is 0.00836. The second kappa shape index (κ2) is 6.85. The van der Waals surface area contributed by atoms with Crippen molar-refractivity contribution in [3.8, 4) is 0 Å². The number of rotatable bonds is 5. The van der Waals surface area contributed by atoms with E-state index in [9.17, 15) is 4.79 Å². The highest BCUT2D eigenvalue weighted by Gasteiger charge is 2.14. The predicted octanol–water partition coefficient (Wildman–Crippen LogP) is 3.38. The highest BCUT2D eigenvalue weighted by atomic mass is 32.1.